The molecule has 0 spiro atoms. The maximum absolute atomic E-state index is 12.5. The lowest BCUT2D eigenvalue weighted by Gasteiger charge is -2.20. The first-order valence-corrected chi connectivity index (χ1v) is 9.04. The van der Waals surface area contributed by atoms with Gasteiger partial charge in [-0.25, -0.2) is 4.79 Å². The van der Waals surface area contributed by atoms with E-state index in [9.17, 15) is 4.79 Å². The average molecular weight is 386 g/mol. The van der Waals surface area contributed by atoms with Crippen LogP contribution in [0.25, 0.3) is 0 Å². The monoisotopic (exact) mass is 386 g/mol. The number of carbonyl (C=O) groups is 1. The molecular formula is C21H26N2O5. The first-order chi connectivity index (χ1) is 13.5. The average Bonchev–Trinajstić information content (AvgIpc) is 3.51. The Balaban J connectivity index is 1.63. The van der Waals surface area contributed by atoms with Crippen LogP contribution in [-0.4, -0.2) is 34.5 Å². The molecule has 0 radical (unpaired) electrons. The molecule has 0 heterocycles. The maximum atomic E-state index is 12.5. The van der Waals surface area contributed by atoms with E-state index in [1.165, 1.54) is 0 Å². The second-order valence-electron chi connectivity index (χ2n) is 6.65. The number of rotatable bonds is 8. The molecule has 1 fully saturated rings. The van der Waals surface area contributed by atoms with Crippen molar-refractivity contribution < 1.29 is 23.7 Å². The summed E-state index contributed by atoms with van der Waals surface area (Å²) in [6.07, 6.45) is 1.76. The zero-order chi connectivity index (χ0) is 20.1. The van der Waals surface area contributed by atoms with Gasteiger partial charge in [0.2, 0.25) is 0 Å². The maximum Gasteiger partial charge on any atom is 0.315 e. The first kappa shape index (κ1) is 19.7. The molecule has 0 aliphatic heterocycles. The molecule has 1 aliphatic rings. The van der Waals surface area contributed by atoms with Gasteiger partial charge in [-0.05, 0) is 48.2 Å². The number of amides is 2. The second-order valence-corrected chi connectivity index (χ2v) is 6.65. The van der Waals surface area contributed by atoms with Gasteiger partial charge in [0.15, 0.2) is 23.0 Å². The Bertz CT molecular complexity index is 849. The number of ether oxygens (including phenoxy) is 4. The van der Waals surface area contributed by atoms with Gasteiger partial charge in [0.05, 0.1) is 34.0 Å². The van der Waals surface area contributed by atoms with Crippen LogP contribution in [0.3, 0.4) is 0 Å². The molecule has 7 nitrogen and oxygen atoms in total. The van der Waals surface area contributed by atoms with Crippen LogP contribution < -0.4 is 29.6 Å². The molecule has 0 aromatic heterocycles. The Morgan fingerprint density at radius 1 is 0.857 bits per heavy atom. The molecular weight excluding hydrogens is 360 g/mol. The van der Waals surface area contributed by atoms with Crippen molar-refractivity contribution >= 4 is 6.03 Å². The zero-order valence-corrected chi connectivity index (χ0v) is 16.6. The second kappa shape index (κ2) is 8.29. The highest BCUT2D eigenvalue weighted by Crippen LogP contribution is 2.47. The lowest BCUT2D eigenvalue weighted by atomic mass is 10.0. The van der Waals surface area contributed by atoms with E-state index in [2.05, 4.69) is 10.6 Å². The molecule has 2 aromatic carbocycles. The predicted molar refractivity (Wildman–Crippen MR) is 105 cm³/mol. The molecule has 1 saturated carbocycles. The fourth-order valence-corrected chi connectivity index (χ4v) is 3.18. The number of carbonyl (C=O) groups excluding carboxylic acids is 1. The highest BCUT2D eigenvalue weighted by Gasteiger charge is 2.46. The summed E-state index contributed by atoms with van der Waals surface area (Å²) in [5.41, 5.74) is 1.57. The summed E-state index contributed by atoms with van der Waals surface area (Å²) in [7, 11) is 6.38. The molecule has 28 heavy (non-hydrogen) atoms. The molecule has 2 amide bonds. The van der Waals surface area contributed by atoms with Gasteiger partial charge in [-0.2, -0.15) is 0 Å². The molecule has 150 valence electrons. The standard InChI is InChI=1S/C21H26N2O5/c1-25-16-7-5-14(11-18(16)27-3)13-22-20(24)23-21(9-10-21)15-6-8-17(26-2)19(12-15)28-4/h5-8,11-12H,9-10,13H2,1-4H3,(H2,22,23,24). The fourth-order valence-electron chi connectivity index (χ4n) is 3.18. The fraction of sp³-hybridized carbons (Fsp3) is 0.381. The highest BCUT2D eigenvalue weighted by molar-refractivity contribution is 5.76. The molecule has 7 heteroatoms. The van der Waals surface area contributed by atoms with E-state index in [1.54, 1.807) is 28.4 Å². The molecule has 2 N–H and O–H groups in total. The summed E-state index contributed by atoms with van der Waals surface area (Å²) in [6.45, 7) is 0.383. The van der Waals surface area contributed by atoms with Crippen molar-refractivity contribution in [2.75, 3.05) is 28.4 Å². The summed E-state index contributed by atoms with van der Waals surface area (Å²) in [5, 5.41) is 5.99. The summed E-state index contributed by atoms with van der Waals surface area (Å²) in [6, 6.07) is 11.1. The van der Waals surface area contributed by atoms with Gasteiger partial charge < -0.3 is 29.6 Å². The Morgan fingerprint density at radius 3 is 2.00 bits per heavy atom. The van der Waals surface area contributed by atoms with Crippen LogP contribution in [0.1, 0.15) is 24.0 Å². The van der Waals surface area contributed by atoms with Gasteiger partial charge >= 0.3 is 6.03 Å². The van der Waals surface area contributed by atoms with E-state index >= 15 is 0 Å². The Hall–Kier alpha value is -3.09. The molecule has 0 bridgehead atoms. The number of hydrogen-bond donors (Lipinski definition) is 2. The Kier molecular flexibility index (Phi) is 5.82. The van der Waals surface area contributed by atoms with Crippen molar-refractivity contribution in [1.82, 2.24) is 10.6 Å². The lowest BCUT2D eigenvalue weighted by Crippen LogP contribution is -2.41. The number of benzene rings is 2. The summed E-state index contributed by atoms with van der Waals surface area (Å²) in [5.74, 6) is 2.60. The van der Waals surface area contributed by atoms with E-state index < -0.39 is 0 Å². The first-order valence-electron chi connectivity index (χ1n) is 9.04. The van der Waals surface area contributed by atoms with E-state index in [4.69, 9.17) is 18.9 Å². The van der Waals surface area contributed by atoms with Gasteiger partial charge in [0.1, 0.15) is 0 Å². The van der Waals surface area contributed by atoms with Crippen LogP contribution in [0, 0.1) is 0 Å². The van der Waals surface area contributed by atoms with Crippen LogP contribution >= 0.6 is 0 Å². The number of nitrogens with one attached hydrogen (secondary N) is 2. The van der Waals surface area contributed by atoms with Gasteiger partial charge in [0, 0.05) is 6.54 Å². The van der Waals surface area contributed by atoms with Crippen molar-refractivity contribution in [2.45, 2.75) is 24.9 Å². The topological polar surface area (TPSA) is 78.1 Å². The van der Waals surface area contributed by atoms with Crippen LogP contribution in [-0.2, 0) is 12.1 Å². The number of urea groups is 1. The smallest absolute Gasteiger partial charge is 0.315 e. The van der Waals surface area contributed by atoms with Crippen molar-refractivity contribution in [3.63, 3.8) is 0 Å². The van der Waals surface area contributed by atoms with E-state index in [0.717, 1.165) is 24.0 Å². The molecule has 3 rings (SSSR count). The third kappa shape index (κ3) is 4.08. The van der Waals surface area contributed by atoms with Gasteiger partial charge in [-0.1, -0.05) is 12.1 Å². The van der Waals surface area contributed by atoms with Crippen LogP contribution in [0.5, 0.6) is 23.0 Å². The van der Waals surface area contributed by atoms with Crippen molar-refractivity contribution in [1.29, 1.82) is 0 Å². The summed E-state index contributed by atoms with van der Waals surface area (Å²) < 4.78 is 21.2. The summed E-state index contributed by atoms with van der Waals surface area (Å²) in [4.78, 5) is 12.5. The van der Waals surface area contributed by atoms with E-state index in [1.807, 2.05) is 36.4 Å². The van der Waals surface area contributed by atoms with Crippen LogP contribution in [0.2, 0.25) is 0 Å². The quantitative estimate of drug-likeness (QED) is 0.728. The van der Waals surface area contributed by atoms with Crippen molar-refractivity contribution in [3.8, 4) is 23.0 Å². The molecule has 0 saturated heterocycles. The third-order valence-electron chi connectivity index (χ3n) is 4.94. The minimum atomic E-state index is -0.360. The van der Waals surface area contributed by atoms with Crippen molar-refractivity contribution in [3.05, 3.63) is 47.5 Å². The minimum Gasteiger partial charge on any atom is -0.493 e. The number of methoxy groups -OCH3 is 4. The molecule has 0 unspecified atom stereocenters. The molecule has 1 aliphatic carbocycles. The van der Waals surface area contributed by atoms with Crippen molar-refractivity contribution in [2.24, 2.45) is 0 Å². The zero-order valence-electron chi connectivity index (χ0n) is 16.6. The van der Waals surface area contributed by atoms with Crippen LogP contribution in [0.15, 0.2) is 36.4 Å². The normalized spacial score (nSPS) is 14.0. The highest BCUT2D eigenvalue weighted by atomic mass is 16.5. The SMILES string of the molecule is COc1ccc(CNC(=O)NC2(c3ccc(OC)c(OC)c3)CC2)cc1OC. The summed E-state index contributed by atoms with van der Waals surface area (Å²) >= 11 is 0. The Labute approximate surface area is 164 Å². The predicted octanol–water partition coefficient (Wildman–Crippen LogP) is 3.21. The molecule has 0 atom stereocenters. The Morgan fingerprint density at radius 2 is 1.43 bits per heavy atom. The van der Waals surface area contributed by atoms with Gasteiger partial charge in [0.25, 0.3) is 0 Å². The van der Waals surface area contributed by atoms with Gasteiger partial charge in [-0.15, -0.1) is 0 Å². The minimum absolute atomic E-state index is 0.220. The van der Waals surface area contributed by atoms with Crippen LogP contribution in [0.4, 0.5) is 4.79 Å². The van der Waals surface area contributed by atoms with E-state index in [0.29, 0.717) is 29.5 Å². The molecule has 2 aromatic rings. The van der Waals surface area contributed by atoms with Gasteiger partial charge in [-0.3, -0.25) is 0 Å². The lowest BCUT2D eigenvalue weighted by molar-refractivity contribution is 0.235. The largest absolute Gasteiger partial charge is 0.493 e. The number of hydrogen-bond acceptors (Lipinski definition) is 5. The van der Waals surface area contributed by atoms with E-state index in [-0.39, 0.29) is 11.6 Å². The third-order valence-corrected chi connectivity index (χ3v) is 4.94.